The molecule has 2 aromatic carbocycles. The van der Waals surface area contributed by atoms with E-state index in [0.29, 0.717) is 11.5 Å². The first kappa shape index (κ1) is 16.2. The van der Waals surface area contributed by atoms with Crippen LogP contribution in [0.2, 0.25) is 0 Å². The van der Waals surface area contributed by atoms with E-state index in [9.17, 15) is 4.79 Å². The molecule has 1 aliphatic heterocycles. The minimum absolute atomic E-state index is 0.122. The van der Waals surface area contributed by atoms with E-state index in [1.807, 2.05) is 49.4 Å². The minimum atomic E-state index is -0.651. The van der Waals surface area contributed by atoms with E-state index < -0.39 is 6.10 Å². The van der Waals surface area contributed by atoms with E-state index in [-0.39, 0.29) is 18.6 Å². The molecule has 0 saturated carbocycles. The predicted octanol–water partition coefficient (Wildman–Crippen LogP) is 3.05. The molecule has 0 fully saturated rings. The first-order valence-corrected chi connectivity index (χ1v) is 7.90. The van der Waals surface area contributed by atoms with Gasteiger partial charge in [-0.1, -0.05) is 30.3 Å². The average Bonchev–Trinajstić information content (AvgIpc) is 2.65. The summed E-state index contributed by atoms with van der Waals surface area (Å²) in [4.78, 5) is 14.5. The number of amides is 1. The molecule has 0 saturated heterocycles. The van der Waals surface area contributed by atoms with Gasteiger partial charge in [-0.3, -0.25) is 4.79 Å². The molecule has 3 rings (SSSR count). The summed E-state index contributed by atoms with van der Waals surface area (Å²) < 4.78 is 16.8. The maximum absolute atomic E-state index is 12.8. The number of methoxy groups -OCH3 is 1. The third-order valence-electron chi connectivity index (χ3n) is 4.30. The molecule has 5 heteroatoms. The van der Waals surface area contributed by atoms with Crippen molar-refractivity contribution < 1.29 is 19.0 Å². The van der Waals surface area contributed by atoms with Crippen molar-refractivity contribution in [2.75, 3.05) is 20.8 Å². The van der Waals surface area contributed by atoms with Crippen LogP contribution in [0.15, 0.2) is 48.5 Å². The van der Waals surface area contributed by atoms with Crippen LogP contribution in [0.3, 0.4) is 0 Å². The summed E-state index contributed by atoms with van der Waals surface area (Å²) in [7, 11) is 3.39. The van der Waals surface area contributed by atoms with E-state index in [1.54, 1.807) is 25.1 Å². The number of hydrogen-bond donors (Lipinski definition) is 0. The van der Waals surface area contributed by atoms with Gasteiger partial charge in [0.05, 0.1) is 13.2 Å². The number of hydrogen-bond acceptors (Lipinski definition) is 4. The normalized spacial score (nSPS) is 17.0. The predicted molar refractivity (Wildman–Crippen MR) is 90.5 cm³/mol. The molecule has 5 nitrogen and oxygen atoms in total. The molecule has 0 spiro atoms. The summed E-state index contributed by atoms with van der Waals surface area (Å²) in [6, 6.07) is 14.9. The lowest BCUT2D eigenvalue weighted by Gasteiger charge is -2.32. The number of carbonyl (C=O) groups is 1. The molecule has 0 N–H and O–H groups in total. The van der Waals surface area contributed by atoms with Crippen molar-refractivity contribution in [3.8, 4) is 17.2 Å². The smallest absolute Gasteiger partial charge is 0.267 e. The van der Waals surface area contributed by atoms with Gasteiger partial charge in [-0.15, -0.1) is 0 Å². The van der Waals surface area contributed by atoms with E-state index in [4.69, 9.17) is 14.2 Å². The SMILES string of the molecule is COc1ccccc1C(C)N(C)C(=O)C1COc2ccccc2O1. The third kappa shape index (κ3) is 3.02. The van der Waals surface area contributed by atoms with E-state index in [0.717, 1.165) is 11.3 Å². The maximum atomic E-state index is 12.8. The fraction of sp³-hybridized carbons (Fsp3) is 0.316. The highest BCUT2D eigenvalue weighted by Gasteiger charge is 2.32. The molecule has 1 heterocycles. The third-order valence-corrected chi connectivity index (χ3v) is 4.30. The Hall–Kier alpha value is -2.69. The molecule has 0 aromatic heterocycles. The molecule has 0 aliphatic carbocycles. The van der Waals surface area contributed by atoms with Crippen LogP contribution in [-0.4, -0.2) is 37.7 Å². The maximum Gasteiger partial charge on any atom is 0.267 e. The standard InChI is InChI=1S/C19H21NO4/c1-13(14-8-4-5-9-15(14)22-3)20(2)19(21)18-12-23-16-10-6-7-11-17(16)24-18/h4-11,13,18H,12H2,1-3H3. The second-order valence-electron chi connectivity index (χ2n) is 5.73. The van der Waals surface area contributed by atoms with Crippen LogP contribution in [0.4, 0.5) is 0 Å². The first-order valence-electron chi connectivity index (χ1n) is 7.90. The Labute approximate surface area is 141 Å². The number of nitrogens with zero attached hydrogens (tertiary/aromatic N) is 1. The Morgan fingerprint density at radius 2 is 1.83 bits per heavy atom. The Bertz CT molecular complexity index is 731. The average molecular weight is 327 g/mol. The van der Waals surface area contributed by atoms with Crippen LogP contribution < -0.4 is 14.2 Å². The summed E-state index contributed by atoms with van der Waals surface area (Å²) in [6.07, 6.45) is -0.651. The fourth-order valence-electron chi connectivity index (χ4n) is 2.78. The molecule has 2 unspecified atom stereocenters. The van der Waals surface area contributed by atoms with Gasteiger partial charge in [0.2, 0.25) is 6.10 Å². The van der Waals surface area contributed by atoms with Crippen LogP contribution in [-0.2, 0) is 4.79 Å². The van der Waals surface area contributed by atoms with Crippen molar-refractivity contribution in [2.24, 2.45) is 0 Å². The number of benzene rings is 2. The van der Waals surface area contributed by atoms with Gasteiger partial charge < -0.3 is 19.1 Å². The van der Waals surface area contributed by atoms with E-state index in [1.165, 1.54) is 0 Å². The number of carbonyl (C=O) groups excluding carboxylic acids is 1. The first-order chi connectivity index (χ1) is 11.6. The van der Waals surface area contributed by atoms with Crippen LogP contribution in [0.25, 0.3) is 0 Å². The Balaban J connectivity index is 1.75. The molecule has 0 bridgehead atoms. The molecule has 24 heavy (non-hydrogen) atoms. The Morgan fingerprint density at radius 3 is 2.58 bits per heavy atom. The van der Waals surface area contributed by atoms with Gasteiger partial charge >= 0.3 is 0 Å². The van der Waals surface area contributed by atoms with Crippen LogP contribution in [0.5, 0.6) is 17.2 Å². The van der Waals surface area contributed by atoms with Crippen molar-refractivity contribution in [1.82, 2.24) is 4.90 Å². The monoisotopic (exact) mass is 327 g/mol. The highest BCUT2D eigenvalue weighted by molar-refractivity contribution is 5.82. The summed E-state index contributed by atoms with van der Waals surface area (Å²) >= 11 is 0. The zero-order chi connectivity index (χ0) is 17.1. The van der Waals surface area contributed by atoms with Crippen LogP contribution in [0.1, 0.15) is 18.5 Å². The summed E-state index contributed by atoms with van der Waals surface area (Å²) in [5.41, 5.74) is 0.952. The number of para-hydroxylation sites is 3. The molecular weight excluding hydrogens is 306 g/mol. The highest BCUT2D eigenvalue weighted by Crippen LogP contribution is 2.33. The molecule has 2 atom stereocenters. The van der Waals surface area contributed by atoms with Gasteiger partial charge in [0.25, 0.3) is 5.91 Å². The van der Waals surface area contributed by atoms with Crippen molar-refractivity contribution in [1.29, 1.82) is 0 Å². The summed E-state index contributed by atoms with van der Waals surface area (Å²) in [6.45, 7) is 2.17. The highest BCUT2D eigenvalue weighted by atomic mass is 16.6. The van der Waals surface area contributed by atoms with Gasteiger partial charge in [0.1, 0.15) is 12.4 Å². The number of fused-ring (bicyclic) bond motifs is 1. The molecule has 2 aromatic rings. The van der Waals surface area contributed by atoms with Crippen molar-refractivity contribution >= 4 is 5.91 Å². The van der Waals surface area contributed by atoms with Crippen LogP contribution in [0, 0.1) is 0 Å². The molecular formula is C19H21NO4. The minimum Gasteiger partial charge on any atom is -0.496 e. The Morgan fingerprint density at radius 1 is 1.17 bits per heavy atom. The molecule has 1 aliphatic rings. The lowest BCUT2D eigenvalue weighted by molar-refractivity contribution is -0.141. The largest absolute Gasteiger partial charge is 0.496 e. The Kier molecular flexibility index (Phi) is 4.60. The van der Waals surface area contributed by atoms with Gasteiger partial charge in [0, 0.05) is 12.6 Å². The van der Waals surface area contributed by atoms with Gasteiger partial charge in [0.15, 0.2) is 11.5 Å². The lowest BCUT2D eigenvalue weighted by Crippen LogP contribution is -2.45. The number of rotatable bonds is 4. The van der Waals surface area contributed by atoms with Gasteiger partial charge in [-0.05, 0) is 25.1 Å². The van der Waals surface area contributed by atoms with E-state index >= 15 is 0 Å². The second-order valence-corrected chi connectivity index (χ2v) is 5.73. The number of ether oxygens (including phenoxy) is 3. The van der Waals surface area contributed by atoms with Gasteiger partial charge in [-0.2, -0.15) is 0 Å². The van der Waals surface area contributed by atoms with Crippen molar-refractivity contribution in [3.05, 3.63) is 54.1 Å². The number of likely N-dealkylation sites (N-methyl/N-ethyl adjacent to an activating group) is 1. The second kappa shape index (κ2) is 6.83. The topological polar surface area (TPSA) is 48.0 Å². The fourth-order valence-corrected chi connectivity index (χ4v) is 2.78. The van der Waals surface area contributed by atoms with E-state index in [2.05, 4.69) is 0 Å². The summed E-state index contributed by atoms with van der Waals surface area (Å²) in [5.74, 6) is 1.90. The van der Waals surface area contributed by atoms with Crippen molar-refractivity contribution in [3.63, 3.8) is 0 Å². The quantitative estimate of drug-likeness (QED) is 0.866. The van der Waals surface area contributed by atoms with Crippen molar-refractivity contribution in [2.45, 2.75) is 19.1 Å². The molecule has 0 radical (unpaired) electrons. The molecule has 1 amide bonds. The lowest BCUT2D eigenvalue weighted by atomic mass is 10.1. The van der Waals surface area contributed by atoms with Crippen LogP contribution >= 0.6 is 0 Å². The molecule has 126 valence electrons. The zero-order valence-electron chi connectivity index (χ0n) is 14.1. The summed E-state index contributed by atoms with van der Waals surface area (Å²) in [5, 5.41) is 0. The van der Waals surface area contributed by atoms with Gasteiger partial charge in [-0.25, -0.2) is 0 Å². The zero-order valence-corrected chi connectivity index (χ0v) is 14.1.